The predicted octanol–water partition coefficient (Wildman–Crippen LogP) is 2.08. The van der Waals surface area contributed by atoms with E-state index in [-0.39, 0.29) is 24.3 Å². The third-order valence-electron chi connectivity index (χ3n) is 3.96. The smallest absolute Gasteiger partial charge is 0.243 e. The van der Waals surface area contributed by atoms with Crippen molar-refractivity contribution in [2.45, 2.75) is 18.9 Å². The van der Waals surface area contributed by atoms with E-state index in [0.29, 0.717) is 30.4 Å². The Morgan fingerprint density at radius 3 is 3.04 bits per heavy atom. The number of para-hydroxylation sites is 1. The number of halogens is 1. The summed E-state index contributed by atoms with van der Waals surface area (Å²) >= 11 is 0. The number of carbonyl (C=O) groups excluding carboxylic acids is 1. The molecule has 2 N–H and O–H groups in total. The van der Waals surface area contributed by atoms with E-state index in [0.717, 1.165) is 6.42 Å². The molecular formula is C18H18FN5O. The van der Waals surface area contributed by atoms with Crippen LogP contribution in [-0.2, 0) is 4.79 Å². The van der Waals surface area contributed by atoms with Crippen LogP contribution in [0.25, 0.3) is 0 Å². The fourth-order valence-corrected chi connectivity index (χ4v) is 2.79. The average molecular weight is 339 g/mol. The summed E-state index contributed by atoms with van der Waals surface area (Å²) in [6, 6.07) is 7.66. The van der Waals surface area contributed by atoms with Crippen LogP contribution in [-0.4, -0.2) is 35.0 Å². The number of rotatable bonds is 5. The molecule has 0 aliphatic carbocycles. The molecule has 2 heterocycles. The van der Waals surface area contributed by atoms with Crippen LogP contribution in [0, 0.1) is 18.2 Å². The molecule has 0 saturated carbocycles. The Bertz CT molecular complexity index is 804. The Morgan fingerprint density at radius 2 is 2.24 bits per heavy atom. The Kier molecular flexibility index (Phi) is 5.09. The predicted molar refractivity (Wildman–Crippen MR) is 93.9 cm³/mol. The molecule has 128 valence electrons. The number of nitrogens with one attached hydrogen (secondary N) is 2. The van der Waals surface area contributed by atoms with Crippen molar-refractivity contribution in [3.05, 3.63) is 42.3 Å². The van der Waals surface area contributed by atoms with E-state index in [1.807, 2.05) is 4.90 Å². The minimum atomic E-state index is -0.365. The molecule has 3 rings (SSSR count). The van der Waals surface area contributed by atoms with Crippen LogP contribution in [0.3, 0.4) is 0 Å². The molecule has 1 aliphatic rings. The first-order valence-corrected chi connectivity index (χ1v) is 8.01. The van der Waals surface area contributed by atoms with E-state index in [1.54, 1.807) is 30.5 Å². The molecule has 1 saturated heterocycles. The molecule has 1 aromatic carbocycles. The van der Waals surface area contributed by atoms with E-state index < -0.39 is 0 Å². The van der Waals surface area contributed by atoms with Gasteiger partial charge in [-0.3, -0.25) is 4.79 Å². The Hall–Kier alpha value is -3.14. The lowest BCUT2D eigenvalue weighted by molar-refractivity contribution is -0.121. The van der Waals surface area contributed by atoms with E-state index in [4.69, 9.17) is 6.42 Å². The van der Waals surface area contributed by atoms with E-state index in [2.05, 4.69) is 26.5 Å². The highest BCUT2D eigenvalue weighted by molar-refractivity contribution is 5.85. The number of anilines is 3. The molecule has 25 heavy (non-hydrogen) atoms. The van der Waals surface area contributed by atoms with Crippen LogP contribution in [0.5, 0.6) is 0 Å². The number of hydrogen-bond donors (Lipinski definition) is 2. The molecule has 1 unspecified atom stereocenters. The second kappa shape index (κ2) is 7.62. The van der Waals surface area contributed by atoms with Crippen molar-refractivity contribution >= 4 is 23.4 Å². The average Bonchev–Trinajstić information content (AvgIpc) is 3.12. The fraction of sp³-hybridized carbons (Fsp3) is 0.278. The molecule has 0 bridgehead atoms. The number of benzene rings is 1. The van der Waals surface area contributed by atoms with Crippen molar-refractivity contribution in [1.29, 1.82) is 0 Å². The van der Waals surface area contributed by atoms with E-state index in [9.17, 15) is 9.18 Å². The molecule has 1 amide bonds. The first-order chi connectivity index (χ1) is 12.2. The summed E-state index contributed by atoms with van der Waals surface area (Å²) in [5.74, 6) is 2.79. The summed E-state index contributed by atoms with van der Waals surface area (Å²) in [6.45, 7) is 0.871. The van der Waals surface area contributed by atoms with Gasteiger partial charge in [0.15, 0.2) is 0 Å². The molecule has 1 fully saturated rings. The van der Waals surface area contributed by atoms with Gasteiger partial charge in [-0.15, -0.1) is 6.42 Å². The Labute approximate surface area is 145 Å². The standard InChI is InChI=1S/C18H18FN5O/c1-2-10-20-17(25)15-8-5-12-24(15)18-21-11-9-16(23-18)22-14-7-4-3-6-13(14)19/h1,3-4,6-7,9,11,15H,5,8,10,12H2,(H,20,25)(H,21,22,23). The third kappa shape index (κ3) is 3.86. The monoisotopic (exact) mass is 339 g/mol. The van der Waals surface area contributed by atoms with Crippen LogP contribution in [0.2, 0.25) is 0 Å². The summed E-state index contributed by atoms with van der Waals surface area (Å²) in [7, 11) is 0. The molecule has 6 nitrogen and oxygen atoms in total. The lowest BCUT2D eigenvalue weighted by Gasteiger charge is -2.23. The minimum absolute atomic E-state index is 0.133. The maximum Gasteiger partial charge on any atom is 0.243 e. The van der Waals surface area contributed by atoms with Crippen molar-refractivity contribution in [2.24, 2.45) is 0 Å². The SMILES string of the molecule is C#CCNC(=O)C1CCCN1c1nccc(Nc2ccccc2F)n1. The summed E-state index contributed by atoms with van der Waals surface area (Å²) in [5.41, 5.74) is 0.330. The van der Waals surface area contributed by atoms with Gasteiger partial charge in [0.2, 0.25) is 11.9 Å². The lowest BCUT2D eigenvalue weighted by atomic mass is 10.2. The first-order valence-electron chi connectivity index (χ1n) is 8.01. The summed E-state index contributed by atoms with van der Waals surface area (Å²) in [5, 5.41) is 5.63. The van der Waals surface area contributed by atoms with Crippen molar-refractivity contribution < 1.29 is 9.18 Å². The maximum atomic E-state index is 13.8. The van der Waals surface area contributed by atoms with Gasteiger partial charge in [0.25, 0.3) is 0 Å². The zero-order valence-electron chi connectivity index (χ0n) is 13.6. The zero-order valence-corrected chi connectivity index (χ0v) is 13.6. The maximum absolute atomic E-state index is 13.8. The van der Waals surface area contributed by atoms with Crippen molar-refractivity contribution in [1.82, 2.24) is 15.3 Å². The van der Waals surface area contributed by atoms with Crippen LogP contribution in [0.1, 0.15) is 12.8 Å². The Morgan fingerprint density at radius 1 is 1.40 bits per heavy atom. The molecule has 1 aliphatic heterocycles. The summed E-state index contributed by atoms with van der Waals surface area (Å²) < 4.78 is 13.8. The number of amides is 1. The van der Waals surface area contributed by atoms with Gasteiger partial charge < -0.3 is 15.5 Å². The van der Waals surface area contributed by atoms with Gasteiger partial charge in [-0.05, 0) is 31.0 Å². The molecular weight excluding hydrogens is 321 g/mol. The van der Waals surface area contributed by atoms with Gasteiger partial charge >= 0.3 is 0 Å². The second-order valence-corrected chi connectivity index (χ2v) is 5.62. The van der Waals surface area contributed by atoms with Gasteiger partial charge in [-0.25, -0.2) is 9.37 Å². The van der Waals surface area contributed by atoms with Crippen LogP contribution >= 0.6 is 0 Å². The van der Waals surface area contributed by atoms with E-state index in [1.165, 1.54) is 6.07 Å². The highest BCUT2D eigenvalue weighted by Gasteiger charge is 2.32. The number of terminal acetylenes is 1. The minimum Gasteiger partial charge on any atom is -0.343 e. The molecule has 2 aromatic rings. The number of hydrogen-bond acceptors (Lipinski definition) is 5. The highest BCUT2D eigenvalue weighted by Crippen LogP contribution is 2.24. The summed E-state index contributed by atoms with van der Waals surface area (Å²) in [6.07, 6.45) is 8.34. The molecule has 7 heteroatoms. The van der Waals surface area contributed by atoms with Gasteiger partial charge in [-0.1, -0.05) is 18.1 Å². The van der Waals surface area contributed by atoms with Crippen LogP contribution < -0.4 is 15.5 Å². The zero-order chi connectivity index (χ0) is 17.6. The Balaban J connectivity index is 1.78. The molecule has 1 atom stereocenters. The fourth-order valence-electron chi connectivity index (χ4n) is 2.79. The van der Waals surface area contributed by atoms with E-state index >= 15 is 0 Å². The van der Waals surface area contributed by atoms with Gasteiger partial charge in [0.1, 0.15) is 17.7 Å². The quantitative estimate of drug-likeness (QED) is 0.816. The van der Waals surface area contributed by atoms with Gasteiger partial charge in [-0.2, -0.15) is 4.98 Å². The topological polar surface area (TPSA) is 70.2 Å². The van der Waals surface area contributed by atoms with Gasteiger partial charge in [0, 0.05) is 12.7 Å². The second-order valence-electron chi connectivity index (χ2n) is 5.62. The number of nitrogens with zero attached hydrogens (tertiary/aromatic N) is 3. The summed E-state index contributed by atoms with van der Waals surface area (Å²) in [4.78, 5) is 22.8. The lowest BCUT2D eigenvalue weighted by Crippen LogP contribution is -2.44. The van der Waals surface area contributed by atoms with Crippen LogP contribution in [0.4, 0.5) is 21.8 Å². The number of aromatic nitrogens is 2. The third-order valence-corrected chi connectivity index (χ3v) is 3.96. The molecule has 1 aromatic heterocycles. The first kappa shape index (κ1) is 16.7. The highest BCUT2D eigenvalue weighted by atomic mass is 19.1. The van der Waals surface area contributed by atoms with Crippen molar-refractivity contribution in [2.75, 3.05) is 23.3 Å². The van der Waals surface area contributed by atoms with Gasteiger partial charge in [0.05, 0.1) is 12.2 Å². The molecule has 0 spiro atoms. The van der Waals surface area contributed by atoms with Crippen molar-refractivity contribution in [3.63, 3.8) is 0 Å². The van der Waals surface area contributed by atoms with Crippen molar-refractivity contribution in [3.8, 4) is 12.3 Å². The normalized spacial score (nSPS) is 16.3. The number of carbonyl (C=O) groups is 1. The largest absolute Gasteiger partial charge is 0.343 e. The molecule has 0 radical (unpaired) electrons. The van der Waals surface area contributed by atoms with Crippen LogP contribution in [0.15, 0.2) is 36.5 Å².